The summed E-state index contributed by atoms with van der Waals surface area (Å²) in [5.74, 6) is 0.409. The number of nitrogens with one attached hydrogen (secondary N) is 1. The summed E-state index contributed by atoms with van der Waals surface area (Å²) in [6.07, 6.45) is 3.31. The highest BCUT2D eigenvalue weighted by Crippen LogP contribution is 2.30. The molecule has 19 heavy (non-hydrogen) atoms. The van der Waals surface area contributed by atoms with Gasteiger partial charge in [0.2, 0.25) is 0 Å². The van der Waals surface area contributed by atoms with Crippen molar-refractivity contribution >= 4 is 0 Å². The third-order valence-electron chi connectivity index (χ3n) is 3.10. The third-order valence-corrected chi connectivity index (χ3v) is 3.10. The van der Waals surface area contributed by atoms with Crippen LogP contribution in [-0.2, 0) is 0 Å². The van der Waals surface area contributed by atoms with Gasteiger partial charge in [0, 0.05) is 17.3 Å². The standard InChI is InChI=1S/C15H17FN2O/c1-10-4-5-13(16)12(8-10)15(17-2)11-6-7-18-9-14(11)19-3/h4-9,15,17H,1-3H3. The minimum Gasteiger partial charge on any atom is -0.495 e. The lowest BCUT2D eigenvalue weighted by molar-refractivity contribution is 0.402. The van der Waals surface area contributed by atoms with E-state index in [1.165, 1.54) is 6.07 Å². The number of nitrogens with zero attached hydrogens (tertiary/aromatic N) is 1. The van der Waals surface area contributed by atoms with Crippen molar-refractivity contribution in [3.63, 3.8) is 0 Å². The first-order chi connectivity index (χ1) is 9.17. The second-order valence-corrected chi connectivity index (χ2v) is 4.36. The molecule has 0 aliphatic heterocycles. The SMILES string of the molecule is CNC(c1cc(C)ccc1F)c1ccncc1OC. The molecule has 3 nitrogen and oxygen atoms in total. The number of pyridine rings is 1. The van der Waals surface area contributed by atoms with E-state index < -0.39 is 0 Å². The van der Waals surface area contributed by atoms with Crippen molar-refractivity contribution in [1.29, 1.82) is 0 Å². The summed E-state index contributed by atoms with van der Waals surface area (Å²) < 4.78 is 19.3. The van der Waals surface area contributed by atoms with Gasteiger partial charge in [0.15, 0.2) is 0 Å². The molecule has 100 valence electrons. The molecule has 1 heterocycles. The highest BCUT2D eigenvalue weighted by atomic mass is 19.1. The zero-order valence-corrected chi connectivity index (χ0v) is 11.3. The summed E-state index contributed by atoms with van der Waals surface area (Å²) in [4.78, 5) is 4.02. The minimum atomic E-state index is -0.266. The molecule has 4 heteroatoms. The molecule has 0 amide bonds. The van der Waals surface area contributed by atoms with E-state index >= 15 is 0 Å². The van der Waals surface area contributed by atoms with Gasteiger partial charge < -0.3 is 10.1 Å². The fourth-order valence-corrected chi connectivity index (χ4v) is 2.16. The Morgan fingerprint density at radius 1 is 1.26 bits per heavy atom. The lowest BCUT2D eigenvalue weighted by Gasteiger charge is -2.20. The maximum Gasteiger partial charge on any atom is 0.142 e. The third kappa shape index (κ3) is 2.74. The molecular formula is C15H17FN2O. The van der Waals surface area contributed by atoms with E-state index in [0.29, 0.717) is 11.3 Å². The lowest BCUT2D eigenvalue weighted by atomic mass is 9.97. The number of benzene rings is 1. The smallest absolute Gasteiger partial charge is 0.142 e. The molecule has 0 fully saturated rings. The van der Waals surface area contributed by atoms with Crippen molar-refractivity contribution in [1.82, 2.24) is 10.3 Å². The molecule has 0 spiro atoms. The van der Waals surface area contributed by atoms with Crippen molar-refractivity contribution in [2.75, 3.05) is 14.2 Å². The first-order valence-electron chi connectivity index (χ1n) is 6.08. The van der Waals surface area contributed by atoms with Gasteiger partial charge in [0.25, 0.3) is 0 Å². The van der Waals surface area contributed by atoms with E-state index in [9.17, 15) is 4.39 Å². The minimum absolute atomic E-state index is 0.233. The average molecular weight is 260 g/mol. The van der Waals surface area contributed by atoms with Crippen LogP contribution in [0.25, 0.3) is 0 Å². The molecule has 1 N–H and O–H groups in total. The fraction of sp³-hybridized carbons (Fsp3) is 0.267. The predicted molar refractivity (Wildman–Crippen MR) is 72.8 cm³/mol. The summed E-state index contributed by atoms with van der Waals surface area (Å²) in [6.45, 7) is 1.94. The van der Waals surface area contributed by atoms with Crippen LogP contribution in [0.5, 0.6) is 5.75 Å². The van der Waals surface area contributed by atoms with Gasteiger partial charge in [0.05, 0.1) is 19.3 Å². The Morgan fingerprint density at radius 2 is 2.05 bits per heavy atom. The molecule has 1 unspecified atom stereocenters. The number of aryl methyl sites for hydroxylation is 1. The second kappa shape index (κ2) is 5.80. The van der Waals surface area contributed by atoms with Gasteiger partial charge in [-0.05, 0) is 26.1 Å². The molecule has 0 radical (unpaired) electrons. The number of methoxy groups -OCH3 is 1. The van der Waals surface area contributed by atoms with Crippen LogP contribution in [0.1, 0.15) is 22.7 Å². The monoisotopic (exact) mass is 260 g/mol. The van der Waals surface area contributed by atoms with Gasteiger partial charge in [-0.3, -0.25) is 4.98 Å². The zero-order chi connectivity index (χ0) is 13.8. The highest BCUT2D eigenvalue weighted by molar-refractivity contribution is 5.41. The number of rotatable bonds is 4. The van der Waals surface area contributed by atoms with Gasteiger partial charge in [-0.1, -0.05) is 17.7 Å². The van der Waals surface area contributed by atoms with Gasteiger partial charge in [-0.15, -0.1) is 0 Å². The van der Waals surface area contributed by atoms with Crippen LogP contribution in [0, 0.1) is 12.7 Å². The molecule has 2 aromatic rings. The van der Waals surface area contributed by atoms with Crippen molar-refractivity contribution in [3.05, 3.63) is 59.2 Å². The Labute approximate surface area is 112 Å². The van der Waals surface area contributed by atoms with Gasteiger partial charge in [-0.2, -0.15) is 0 Å². The first-order valence-corrected chi connectivity index (χ1v) is 6.08. The summed E-state index contributed by atoms with van der Waals surface area (Å²) in [5, 5.41) is 3.13. The van der Waals surface area contributed by atoms with Crippen LogP contribution >= 0.6 is 0 Å². The van der Waals surface area contributed by atoms with Gasteiger partial charge in [-0.25, -0.2) is 4.39 Å². The van der Waals surface area contributed by atoms with E-state index in [1.807, 2.05) is 19.1 Å². The van der Waals surface area contributed by atoms with E-state index in [2.05, 4.69) is 10.3 Å². The molecule has 1 atom stereocenters. The summed E-state index contributed by atoms with van der Waals surface area (Å²) in [6, 6.07) is 6.66. The highest BCUT2D eigenvalue weighted by Gasteiger charge is 2.19. The maximum atomic E-state index is 14.0. The number of halogens is 1. The number of ether oxygens (including phenoxy) is 1. The van der Waals surface area contributed by atoms with E-state index in [4.69, 9.17) is 4.74 Å². The van der Waals surface area contributed by atoms with Gasteiger partial charge in [0.1, 0.15) is 11.6 Å². The van der Waals surface area contributed by atoms with Gasteiger partial charge >= 0.3 is 0 Å². The number of hydrogen-bond acceptors (Lipinski definition) is 3. The Hall–Kier alpha value is -1.94. The first kappa shape index (κ1) is 13.5. The molecule has 0 aliphatic rings. The van der Waals surface area contributed by atoms with Crippen LogP contribution in [0.4, 0.5) is 4.39 Å². The molecule has 2 rings (SSSR count). The largest absolute Gasteiger partial charge is 0.495 e. The average Bonchev–Trinajstić information content (AvgIpc) is 2.44. The van der Waals surface area contributed by atoms with Crippen LogP contribution in [0.3, 0.4) is 0 Å². The predicted octanol–water partition coefficient (Wildman–Crippen LogP) is 2.85. The summed E-state index contributed by atoms with van der Waals surface area (Å²) >= 11 is 0. The molecule has 0 aliphatic carbocycles. The van der Waals surface area contributed by atoms with Crippen LogP contribution in [0.2, 0.25) is 0 Å². The maximum absolute atomic E-state index is 14.0. The quantitative estimate of drug-likeness (QED) is 0.918. The lowest BCUT2D eigenvalue weighted by Crippen LogP contribution is -2.20. The van der Waals surface area contributed by atoms with Crippen molar-refractivity contribution in [3.8, 4) is 5.75 Å². The zero-order valence-electron chi connectivity index (χ0n) is 11.3. The second-order valence-electron chi connectivity index (χ2n) is 4.36. The van der Waals surface area contributed by atoms with Crippen molar-refractivity contribution in [2.45, 2.75) is 13.0 Å². The Bertz CT molecular complexity index is 572. The summed E-state index contributed by atoms with van der Waals surface area (Å²) in [7, 11) is 3.38. The molecule has 1 aromatic carbocycles. The topological polar surface area (TPSA) is 34.2 Å². The fourth-order valence-electron chi connectivity index (χ4n) is 2.16. The number of aromatic nitrogens is 1. The van der Waals surface area contributed by atoms with Crippen molar-refractivity contribution < 1.29 is 9.13 Å². The summed E-state index contributed by atoms with van der Waals surface area (Å²) in [5.41, 5.74) is 2.49. The van der Waals surface area contributed by atoms with Crippen LogP contribution < -0.4 is 10.1 Å². The van der Waals surface area contributed by atoms with E-state index in [0.717, 1.165) is 11.1 Å². The normalized spacial score (nSPS) is 12.2. The van der Waals surface area contributed by atoms with E-state index in [1.54, 1.807) is 32.6 Å². The molecular weight excluding hydrogens is 243 g/mol. The Kier molecular flexibility index (Phi) is 4.12. The molecule has 1 aromatic heterocycles. The molecule has 0 saturated heterocycles. The Balaban J connectivity index is 2.53. The molecule has 0 bridgehead atoms. The number of hydrogen-bond donors (Lipinski definition) is 1. The van der Waals surface area contributed by atoms with Crippen molar-refractivity contribution in [2.24, 2.45) is 0 Å². The van der Waals surface area contributed by atoms with Crippen LogP contribution in [0.15, 0.2) is 36.7 Å². The Morgan fingerprint density at radius 3 is 2.74 bits per heavy atom. The van der Waals surface area contributed by atoms with E-state index in [-0.39, 0.29) is 11.9 Å². The molecule has 0 saturated carbocycles. The van der Waals surface area contributed by atoms with Crippen LogP contribution in [-0.4, -0.2) is 19.1 Å².